The third kappa shape index (κ3) is 6.27. The van der Waals surface area contributed by atoms with E-state index < -0.39 is 8.07 Å². The number of fused-ring (bicyclic) bond motifs is 3. The van der Waals surface area contributed by atoms with Gasteiger partial charge in [0.05, 0.1) is 11.2 Å². The lowest BCUT2D eigenvalue weighted by Gasteiger charge is -2.52. The molecular formula is C66H66BN3Si. The van der Waals surface area contributed by atoms with Gasteiger partial charge < -0.3 is 14.7 Å². The zero-order valence-electron chi connectivity index (χ0n) is 43.4. The maximum absolute atomic E-state index is 2.82. The number of para-hydroxylation sites is 1. The van der Waals surface area contributed by atoms with E-state index in [1.165, 1.54) is 114 Å². The Labute approximate surface area is 424 Å². The van der Waals surface area contributed by atoms with Crippen LogP contribution in [0.5, 0.6) is 0 Å². The molecule has 0 aromatic heterocycles. The molecule has 0 bridgehead atoms. The molecule has 8 aromatic carbocycles. The van der Waals surface area contributed by atoms with Gasteiger partial charge in [0.25, 0.3) is 6.71 Å². The number of rotatable bonds is 5. The van der Waals surface area contributed by atoms with E-state index in [0.717, 1.165) is 12.8 Å². The maximum Gasteiger partial charge on any atom is 0.251 e. The van der Waals surface area contributed by atoms with E-state index in [1.807, 2.05) is 0 Å². The molecule has 5 aliphatic rings. The Bertz CT molecular complexity index is 3470. The van der Waals surface area contributed by atoms with Crippen LogP contribution in [0.3, 0.4) is 0 Å². The van der Waals surface area contributed by atoms with Crippen LogP contribution in [0.4, 0.5) is 45.5 Å². The van der Waals surface area contributed by atoms with Crippen molar-refractivity contribution >= 4 is 87.0 Å². The fraction of sp³-hybridized carbons (Fsp3) is 0.273. The maximum atomic E-state index is 2.82. The van der Waals surface area contributed by atoms with Gasteiger partial charge in [0, 0.05) is 50.8 Å². The Morgan fingerprint density at radius 1 is 0.451 bits per heavy atom. The van der Waals surface area contributed by atoms with Crippen molar-refractivity contribution in [2.75, 3.05) is 14.7 Å². The summed E-state index contributed by atoms with van der Waals surface area (Å²) in [5.74, 6) is 0. The van der Waals surface area contributed by atoms with Crippen LogP contribution in [0.2, 0.25) is 13.1 Å². The third-order valence-electron chi connectivity index (χ3n) is 18.1. The second kappa shape index (κ2) is 15.2. The molecule has 1 aliphatic carbocycles. The highest BCUT2D eigenvalue weighted by Crippen LogP contribution is 2.62. The van der Waals surface area contributed by atoms with Gasteiger partial charge in [-0.2, -0.15) is 0 Å². The smallest absolute Gasteiger partial charge is 0.251 e. The standard InChI is InChI=1S/C66H66BN3Si/c1-63(2,3)46-31-28-44(29-32-46)50-22-14-15-23-52(50)69-55-25-19-27-59-62(55)67-60-56(68(48-35-33-47(34-36-48)64(4,5)6)54-24-18-26-58(61(54)67)71(59,9)10)41-49(42-57(60)69)70-53-37-30-45(43-20-12-11-13-21-43)40-51(53)65(7)38-16-17-39-66(65,70)8/h11-15,18-37,40-42H,16-17,38-39H2,1-10H3. The van der Waals surface area contributed by atoms with Crippen LogP contribution in [0.25, 0.3) is 22.3 Å². The first-order chi connectivity index (χ1) is 34.0. The molecule has 0 spiro atoms. The topological polar surface area (TPSA) is 9.72 Å². The van der Waals surface area contributed by atoms with Gasteiger partial charge in [0.15, 0.2) is 0 Å². The highest BCUT2D eigenvalue weighted by Gasteiger charge is 2.59. The van der Waals surface area contributed by atoms with Gasteiger partial charge in [-0.05, 0) is 135 Å². The van der Waals surface area contributed by atoms with Gasteiger partial charge >= 0.3 is 0 Å². The molecule has 3 nitrogen and oxygen atoms in total. The molecular weight excluding hydrogens is 874 g/mol. The summed E-state index contributed by atoms with van der Waals surface area (Å²) in [4.78, 5) is 8.19. The molecule has 13 rings (SSSR count). The van der Waals surface area contributed by atoms with Crippen molar-refractivity contribution in [3.63, 3.8) is 0 Å². The Kier molecular flexibility index (Phi) is 9.52. The molecule has 1 fully saturated rings. The van der Waals surface area contributed by atoms with Crippen LogP contribution in [-0.4, -0.2) is 20.3 Å². The van der Waals surface area contributed by atoms with Crippen LogP contribution in [0, 0.1) is 0 Å². The summed E-state index contributed by atoms with van der Waals surface area (Å²) in [7, 11) is -2.21. The zero-order valence-corrected chi connectivity index (χ0v) is 44.4. The van der Waals surface area contributed by atoms with Crippen LogP contribution >= 0.6 is 0 Å². The number of anilines is 8. The van der Waals surface area contributed by atoms with Gasteiger partial charge in [0.2, 0.25) is 0 Å². The largest absolute Gasteiger partial charge is 0.334 e. The normalized spacial score (nSPS) is 20.1. The van der Waals surface area contributed by atoms with Crippen LogP contribution in [-0.2, 0) is 16.2 Å². The van der Waals surface area contributed by atoms with Crippen molar-refractivity contribution in [1.82, 2.24) is 0 Å². The van der Waals surface area contributed by atoms with Gasteiger partial charge in [-0.1, -0.05) is 200 Å². The van der Waals surface area contributed by atoms with Crippen molar-refractivity contribution in [3.05, 3.63) is 187 Å². The zero-order chi connectivity index (χ0) is 49.0. The summed E-state index contributed by atoms with van der Waals surface area (Å²) in [5, 5.41) is 3.11. The molecule has 4 aliphatic heterocycles. The SMILES string of the molecule is CC(C)(C)c1ccc(-c2ccccc2N2c3cc(N4c5ccc(-c6ccccc6)cc5C5(C)CCCCC45C)cc4c3B3c5c(cccc5[Si](C)(C)c5cccc2c53)N4c2ccc(C(C)(C)C)cc2)cc1. The third-order valence-corrected chi connectivity index (χ3v) is 21.7. The lowest BCUT2D eigenvalue weighted by atomic mass is 9.33. The van der Waals surface area contributed by atoms with Crippen molar-refractivity contribution in [1.29, 1.82) is 0 Å². The Morgan fingerprint density at radius 2 is 1.00 bits per heavy atom. The van der Waals surface area contributed by atoms with E-state index in [2.05, 4.69) is 253 Å². The predicted octanol–water partition coefficient (Wildman–Crippen LogP) is 14.6. The second-order valence-corrected chi connectivity index (χ2v) is 28.8. The fourth-order valence-corrected chi connectivity index (χ4v) is 17.3. The highest BCUT2D eigenvalue weighted by molar-refractivity contribution is 7.16. The fourth-order valence-electron chi connectivity index (χ4n) is 14.1. The number of nitrogens with zero attached hydrogens (tertiary/aromatic N) is 3. The molecule has 5 heteroatoms. The average Bonchev–Trinajstić information content (AvgIpc) is 3.58. The molecule has 0 radical (unpaired) electrons. The van der Waals surface area contributed by atoms with E-state index >= 15 is 0 Å². The van der Waals surface area contributed by atoms with Gasteiger partial charge in [0.1, 0.15) is 8.07 Å². The molecule has 0 saturated heterocycles. The first kappa shape index (κ1) is 44.4. The molecule has 1 saturated carbocycles. The van der Waals surface area contributed by atoms with Crippen molar-refractivity contribution in [2.45, 2.75) is 116 Å². The van der Waals surface area contributed by atoms with E-state index in [1.54, 1.807) is 10.4 Å². The summed E-state index contributed by atoms with van der Waals surface area (Å²) in [6.45, 7) is 24.4. The molecule has 0 N–H and O–H groups in total. The van der Waals surface area contributed by atoms with Crippen LogP contribution < -0.4 is 41.5 Å². The van der Waals surface area contributed by atoms with E-state index in [-0.39, 0.29) is 28.5 Å². The first-order valence-corrected chi connectivity index (χ1v) is 29.3. The quantitative estimate of drug-likeness (QED) is 0.159. The van der Waals surface area contributed by atoms with Gasteiger partial charge in [-0.3, -0.25) is 0 Å². The van der Waals surface area contributed by atoms with E-state index in [4.69, 9.17) is 0 Å². The Hall–Kier alpha value is -6.56. The molecule has 8 aromatic rings. The molecule has 71 heavy (non-hydrogen) atoms. The Morgan fingerprint density at radius 3 is 1.65 bits per heavy atom. The van der Waals surface area contributed by atoms with Gasteiger partial charge in [-0.25, -0.2) is 0 Å². The van der Waals surface area contributed by atoms with Gasteiger partial charge in [-0.15, -0.1) is 0 Å². The number of benzene rings is 8. The van der Waals surface area contributed by atoms with Crippen LogP contribution in [0.15, 0.2) is 170 Å². The highest BCUT2D eigenvalue weighted by atomic mass is 28.3. The summed E-state index contributed by atoms with van der Waals surface area (Å²) < 4.78 is 0. The van der Waals surface area contributed by atoms with E-state index in [9.17, 15) is 0 Å². The molecule has 2 unspecified atom stereocenters. The van der Waals surface area contributed by atoms with Crippen molar-refractivity contribution in [2.24, 2.45) is 0 Å². The molecule has 4 heterocycles. The predicted molar refractivity (Wildman–Crippen MR) is 308 cm³/mol. The Balaban J connectivity index is 1.13. The van der Waals surface area contributed by atoms with Crippen molar-refractivity contribution in [3.8, 4) is 22.3 Å². The summed E-state index contributed by atoms with van der Waals surface area (Å²) in [6, 6.07) is 66.4. The number of hydrogen-bond acceptors (Lipinski definition) is 3. The minimum absolute atomic E-state index is 0.0405. The lowest BCUT2D eigenvalue weighted by molar-refractivity contribution is 0.195. The first-order valence-electron chi connectivity index (χ1n) is 26.3. The summed E-state index contributed by atoms with van der Waals surface area (Å²) in [6.07, 6.45) is 4.75. The molecule has 352 valence electrons. The summed E-state index contributed by atoms with van der Waals surface area (Å²) in [5.41, 5.74) is 23.8. The minimum atomic E-state index is -2.21. The van der Waals surface area contributed by atoms with Crippen LogP contribution in [0.1, 0.15) is 97.8 Å². The minimum Gasteiger partial charge on any atom is -0.334 e. The molecule has 2 atom stereocenters. The second-order valence-electron chi connectivity index (χ2n) is 24.5. The molecule has 0 amide bonds. The average molecular weight is 940 g/mol. The summed E-state index contributed by atoms with van der Waals surface area (Å²) >= 11 is 0. The number of hydrogen-bond donors (Lipinski definition) is 0. The van der Waals surface area contributed by atoms with E-state index in [0.29, 0.717) is 0 Å². The monoisotopic (exact) mass is 940 g/mol. The lowest BCUT2D eigenvalue weighted by Crippen LogP contribution is -2.79. The van der Waals surface area contributed by atoms with Crippen molar-refractivity contribution < 1.29 is 0 Å².